The number of aliphatic imine (C=N–C) groups is 1. The van der Waals surface area contributed by atoms with Gasteiger partial charge in [-0.05, 0) is 11.6 Å². The molecule has 0 spiro atoms. The van der Waals surface area contributed by atoms with Gasteiger partial charge in [-0.1, -0.05) is 18.2 Å². The Labute approximate surface area is 118 Å². The van der Waals surface area contributed by atoms with E-state index in [0.29, 0.717) is 22.8 Å². The summed E-state index contributed by atoms with van der Waals surface area (Å²) in [6, 6.07) is 4.57. The summed E-state index contributed by atoms with van der Waals surface area (Å²) in [5, 5.41) is 0.653. The van der Waals surface area contributed by atoms with E-state index in [-0.39, 0.29) is 0 Å². The lowest BCUT2D eigenvalue weighted by Gasteiger charge is -2.08. The molecule has 2 rings (SSSR count). The normalized spacial score (nSPS) is 18.8. The summed E-state index contributed by atoms with van der Waals surface area (Å²) in [7, 11) is 1.29. The summed E-state index contributed by atoms with van der Waals surface area (Å²) in [5.41, 5.74) is -0.153. The summed E-state index contributed by atoms with van der Waals surface area (Å²) >= 11 is 1.37. The molecule has 1 aliphatic rings. The van der Waals surface area contributed by atoms with Crippen LogP contribution in [0.25, 0.3) is 0 Å². The van der Waals surface area contributed by atoms with Gasteiger partial charge in [-0.3, -0.25) is 4.99 Å². The number of rotatable bonds is 3. The highest BCUT2D eigenvalue weighted by Crippen LogP contribution is 2.30. The maximum Gasteiger partial charge on any atom is 0.416 e. The van der Waals surface area contributed by atoms with Gasteiger partial charge < -0.3 is 4.74 Å². The Balaban J connectivity index is 2.10. The monoisotopic (exact) mass is 303 g/mol. The van der Waals surface area contributed by atoms with Gasteiger partial charge in [-0.25, -0.2) is 4.79 Å². The Morgan fingerprint density at radius 3 is 2.90 bits per heavy atom. The molecule has 20 heavy (non-hydrogen) atoms. The minimum atomic E-state index is -4.35. The molecule has 108 valence electrons. The maximum absolute atomic E-state index is 12.6. The molecule has 0 bridgehead atoms. The van der Waals surface area contributed by atoms with E-state index in [1.54, 1.807) is 6.07 Å². The maximum atomic E-state index is 12.6. The molecule has 0 fully saturated rings. The molecule has 7 heteroatoms. The highest BCUT2D eigenvalue weighted by atomic mass is 32.2. The van der Waals surface area contributed by atoms with Crippen LogP contribution in [0, 0.1) is 0 Å². The molecule has 0 aliphatic carbocycles. The summed E-state index contributed by atoms with van der Waals surface area (Å²) in [6.07, 6.45) is -4.06. The molecule has 0 amide bonds. The standard InChI is InChI=1S/C13H12F3NO2S/c1-19-12(18)10-7-20-11(17-10)6-8-3-2-4-9(5-8)13(14,15)16/h2-5,10H,6-7H2,1H3/t10-/m0/s1. The summed E-state index contributed by atoms with van der Waals surface area (Å²) in [4.78, 5) is 15.5. The van der Waals surface area contributed by atoms with Crippen molar-refractivity contribution in [2.24, 2.45) is 4.99 Å². The van der Waals surface area contributed by atoms with E-state index in [9.17, 15) is 18.0 Å². The first-order valence-corrected chi connectivity index (χ1v) is 6.82. The van der Waals surface area contributed by atoms with Crippen molar-refractivity contribution >= 4 is 22.8 Å². The fourth-order valence-electron chi connectivity index (χ4n) is 1.81. The number of carbonyl (C=O) groups is 1. The number of ether oxygens (including phenoxy) is 1. The number of methoxy groups -OCH3 is 1. The first-order valence-electron chi connectivity index (χ1n) is 5.83. The molecule has 0 radical (unpaired) electrons. The van der Waals surface area contributed by atoms with Crippen molar-refractivity contribution in [3.8, 4) is 0 Å². The second kappa shape index (κ2) is 5.87. The summed E-state index contributed by atoms with van der Waals surface area (Å²) in [5.74, 6) is 0.0533. The molecule has 1 heterocycles. The van der Waals surface area contributed by atoms with Gasteiger partial charge in [0.1, 0.15) is 0 Å². The average molecular weight is 303 g/mol. The SMILES string of the molecule is COC(=O)[C@@H]1CSC(Cc2cccc(C(F)(F)F)c2)=N1. The van der Waals surface area contributed by atoms with Crippen LogP contribution < -0.4 is 0 Å². The zero-order chi connectivity index (χ0) is 14.8. The molecule has 0 saturated heterocycles. The van der Waals surface area contributed by atoms with Gasteiger partial charge in [0.05, 0.1) is 17.7 Å². The van der Waals surface area contributed by atoms with E-state index in [0.717, 1.165) is 12.1 Å². The fourth-order valence-corrected chi connectivity index (χ4v) is 2.84. The van der Waals surface area contributed by atoms with Crippen LogP contribution in [-0.4, -0.2) is 29.9 Å². The first kappa shape index (κ1) is 14.9. The fraction of sp³-hybridized carbons (Fsp3) is 0.385. The van der Waals surface area contributed by atoms with Crippen molar-refractivity contribution in [3.63, 3.8) is 0 Å². The smallest absolute Gasteiger partial charge is 0.416 e. The molecule has 1 aromatic rings. The number of nitrogens with zero attached hydrogens (tertiary/aromatic N) is 1. The van der Waals surface area contributed by atoms with Crippen molar-refractivity contribution in [1.82, 2.24) is 0 Å². The minimum absolute atomic E-state index is 0.294. The van der Waals surface area contributed by atoms with Gasteiger partial charge in [0.2, 0.25) is 0 Å². The Morgan fingerprint density at radius 1 is 1.50 bits per heavy atom. The van der Waals surface area contributed by atoms with E-state index in [2.05, 4.69) is 9.73 Å². The van der Waals surface area contributed by atoms with Crippen molar-refractivity contribution in [2.45, 2.75) is 18.6 Å². The highest BCUT2D eigenvalue weighted by molar-refractivity contribution is 8.14. The van der Waals surface area contributed by atoms with Crippen LogP contribution in [0.4, 0.5) is 13.2 Å². The summed E-state index contributed by atoms with van der Waals surface area (Å²) in [6.45, 7) is 0. The lowest BCUT2D eigenvalue weighted by atomic mass is 10.1. The highest BCUT2D eigenvalue weighted by Gasteiger charge is 2.31. The predicted molar refractivity (Wildman–Crippen MR) is 70.8 cm³/mol. The van der Waals surface area contributed by atoms with Crippen LogP contribution in [0.3, 0.4) is 0 Å². The first-order chi connectivity index (χ1) is 9.40. The van der Waals surface area contributed by atoms with Crippen LogP contribution in [0.5, 0.6) is 0 Å². The molecule has 0 N–H and O–H groups in total. The second-order valence-electron chi connectivity index (χ2n) is 4.25. The van der Waals surface area contributed by atoms with E-state index in [1.807, 2.05) is 0 Å². The molecule has 0 unspecified atom stereocenters. The third-order valence-corrected chi connectivity index (χ3v) is 3.86. The molecule has 0 aromatic heterocycles. The van der Waals surface area contributed by atoms with E-state index < -0.39 is 23.8 Å². The van der Waals surface area contributed by atoms with Crippen LogP contribution in [-0.2, 0) is 22.1 Å². The Kier molecular flexibility index (Phi) is 4.37. The number of alkyl halides is 3. The van der Waals surface area contributed by atoms with Crippen LogP contribution >= 0.6 is 11.8 Å². The Bertz CT molecular complexity index is 543. The molecular formula is C13H12F3NO2S. The van der Waals surface area contributed by atoms with Crippen molar-refractivity contribution in [2.75, 3.05) is 12.9 Å². The zero-order valence-electron chi connectivity index (χ0n) is 10.6. The van der Waals surface area contributed by atoms with Gasteiger partial charge in [0.15, 0.2) is 6.04 Å². The lowest BCUT2D eigenvalue weighted by molar-refractivity contribution is -0.141. The third-order valence-electron chi connectivity index (χ3n) is 2.79. The van der Waals surface area contributed by atoms with Crippen LogP contribution in [0.15, 0.2) is 29.3 Å². The largest absolute Gasteiger partial charge is 0.467 e. The molecule has 1 atom stereocenters. The van der Waals surface area contributed by atoms with Crippen LogP contribution in [0.1, 0.15) is 11.1 Å². The number of hydrogen-bond donors (Lipinski definition) is 0. The average Bonchev–Trinajstić information content (AvgIpc) is 2.85. The Morgan fingerprint density at radius 2 is 2.25 bits per heavy atom. The zero-order valence-corrected chi connectivity index (χ0v) is 11.4. The quantitative estimate of drug-likeness (QED) is 0.806. The Hall–Kier alpha value is -1.50. The van der Waals surface area contributed by atoms with E-state index >= 15 is 0 Å². The minimum Gasteiger partial charge on any atom is -0.467 e. The van der Waals surface area contributed by atoms with Gasteiger partial charge in [0, 0.05) is 12.2 Å². The molecule has 1 aromatic carbocycles. The molecule has 0 saturated carbocycles. The number of carbonyl (C=O) groups excluding carboxylic acids is 1. The topological polar surface area (TPSA) is 38.7 Å². The molecule has 1 aliphatic heterocycles. The van der Waals surface area contributed by atoms with Gasteiger partial charge in [-0.15, -0.1) is 11.8 Å². The van der Waals surface area contributed by atoms with Crippen LogP contribution in [0.2, 0.25) is 0 Å². The van der Waals surface area contributed by atoms with Crippen molar-refractivity contribution in [1.29, 1.82) is 0 Å². The van der Waals surface area contributed by atoms with Gasteiger partial charge in [-0.2, -0.15) is 13.2 Å². The number of halogens is 3. The molecule has 3 nitrogen and oxygen atoms in total. The van der Waals surface area contributed by atoms with E-state index in [4.69, 9.17) is 0 Å². The van der Waals surface area contributed by atoms with Crippen molar-refractivity contribution < 1.29 is 22.7 Å². The number of benzene rings is 1. The lowest BCUT2D eigenvalue weighted by Crippen LogP contribution is -2.19. The van der Waals surface area contributed by atoms with Crippen molar-refractivity contribution in [3.05, 3.63) is 35.4 Å². The predicted octanol–water partition coefficient (Wildman–Crippen LogP) is 2.93. The number of hydrogen-bond acceptors (Lipinski definition) is 4. The molecular weight excluding hydrogens is 291 g/mol. The summed E-state index contributed by atoms with van der Waals surface area (Å²) < 4.78 is 42.4. The number of esters is 1. The van der Waals surface area contributed by atoms with Gasteiger partial charge >= 0.3 is 12.1 Å². The van der Waals surface area contributed by atoms with E-state index in [1.165, 1.54) is 24.9 Å². The third kappa shape index (κ3) is 3.53. The van der Waals surface area contributed by atoms with Gasteiger partial charge in [0.25, 0.3) is 0 Å². The number of thioether (sulfide) groups is 1. The second-order valence-corrected chi connectivity index (χ2v) is 5.34.